The fraction of sp³-hybridized carbons (Fsp3) is 0.625. The van der Waals surface area contributed by atoms with Crippen molar-refractivity contribution in [3.05, 3.63) is 0 Å². The van der Waals surface area contributed by atoms with Gasteiger partial charge < -0.3 is 15.2 Å². The molecule has 2 N–H and O–H groups in total. The van der Waals surface area contributed by atoms with E-state index in [1.807, 2.05) is 6.07 Å². The molecule has 0 saturated carbocycles. The van der Waals surface area contributed by atoms with Crippen molar-refractivity contribution in [3.8, 4) is 6.07 Å². The standard InChI is InChI=1S/C8H12N2O4/c1-6(2-3-9)10-7(11)4-14-5-8(12)13/h6H,2,4-5H2,1H3,(H,10,11)(H,12,13). The topological polar surface area (TPSA) is 99.4 Å². The molecule has 0 aromatic carbocycles. The fourth-order valence-corrected chi connectivity index (χ4v) is 0.735. The van der Waals surface area contributed by atoms with Gasteiger partial charge in [0.2, 0.25) is 5.91 Å². The molecule has 14 heavy (non-hydrogen) atoms. The van der Waals surface area contributed by atoms with Crippen LogP contribution in [0.3, 0.4) is 0 Å². The Morgan fingerprint density at radius 1 is 1.57 bits per heavy atom. The van der Waals surface area contributed by atoms with Crippen LogP contribution in [0.1, 0.15) is 13.3 Å². The van der Waals surface area contributed by atoms with E-state index in [0.717, 1.165) is 0 Å². The van der Waals surface area contributed by atoms with Crippen LogP contribution in [0.25, 0.3) is 0 Å². The second-order valence-electron chi connectivity index (χ2n) is 2.72. The van der Waals surface area contributed by atoms with Gasteiger partial charge in [-0.1, -0.05) is 0 Å². The molecule has 0 rings (SSSR count). The maximum atomic E-state index is 11.0. The van der Waals surface area contributed by atoms with Crippen LogP contribution in [-0.4, -0.2) is 36.2 Å². The van der Waals surface area contributed by atoms with Gasteiger partial charge in [-0.05, 0) is 6.92 Å². The summed E-state index contributed by atoms with van der Waals surface area (Å²) >= 11 is 0. The van der Waals surface area contributed by atoms with E-state index < -0.39 is 18.5 Å². The fourth-order valence-electron chi connectivity index (χ4n) is 0.735. The van der Waals surface area contributed by atoms with E-state index >= 15 is 0 Å². The number of nitriles is 1. The monoisotopic (exact) mass is 200 g/mol. The van der Waals surface area contributed by atoms with Gasteiger partial charge in [-0.3, -0.25) is 4.79 Å². The molecule has 1 amide bonds. The van der Waals surface area contributed by atoms with E-state index in [-0.39, 0.29) is 19.1 Å². The van der Waals surface area contributed by atoms with Crippen molar-refractivity contribution in [3.63, 3.8) is 0 Å². The Labute approximate surface area is 81.5 Å². The number of hydrogen-bond donors (Lipinski definition) is 2. The number of ether oxygens (including phenoxy) is 1. The van der Waals surface area contributed by atoms with Crippen LogP contribution in [0.15, 0.2) is 0 Å². The van der Waals surface area contributed by atoms with E-state index in [1.165, 1.54) is 0 Å². The van der Waals surface area contributed by atoms with Crippen molar-refractivity contribution in [2.75, 3.05) is 13.2 Å². The number of carbonyl (C=O) groups is 2. The van der Waals surface area contributed by atoms with Crippen molar-refractivity contribution in [2.24, 2.45) is 0 Å². The number of carboxylic acids is 1. The average molecular weight is 200 g/mol. The number of carboxylic acid groups (broad SMARTS) is 1. The first-order valence-corrected chi connectivity index (χ1v) is 4.02. The zero-order valence-corrected chi connectivity index (χ0v) is 7.82. The predicted octanol–water partition coefficient (Wildman–Crippen LogP) is -0.494. The van der Waals surface area contributed by atoms with Crippen molar-refractivity contribution < 1.29 is 19.4 Å². The van der Waals surface area contributed by atoms with Gasteiger partial charge in [0, 0.05) is 6.04 Å². The molecular weight excluding hydrogens is 188 g/mol. The summed E-state index contributed by atoms with van der Waals surface area (Å²) in [6, 6.07) is 1.65. The summed E-state index contributed by atoms with van der Waals surface area (Å²) in [6.07, 6.45) is 0.213. The van der Waals surface area contributed by atoms with Crippen LogP contribution in [0.4, 0.5) is 0 Å². The molecule has 6 nitrogen and oxygen atoms in total. The summed E-state index contributed by atoms with van der Waals surface area (Å²) in [4.78, 5) is 21.0. The number of nitrogens with one attached hydrogen (secondary N) is 1. The van der Waals surface area contributed by atoms with Gasteiger partial charge in [0.1, 0.15) is 13.2 Å². The molecule has 0 aromatic rings. The lowest BCUT2D eigenvalue weighted by molar-refractivity contribution is -0.143. The first-order valence-electron chi connectivity index (χ1n) is 4.02. The zero-order chi connectivity index (χ0) is 11.0. The molecule has 0 aliphatic heterocycles. The predicted molar refractivity (Wildman–Crippen MR) is 46.3 cm³/mol. The molecule has 6 heteroatoms. The minimum atomic E-state index is -1.12. The molecule has 0 radical (unpaired) electrons. The van der Waals surface area contributed by atoms with E-state index in [2.05, 4.69) is 10.1 Å². The number of amides is 1. The quantitative estimate of drug-likeness (QED) is 0.602. The summed E-state index contributed by atoms with van der Waals surface area (Å²) in [5.41, 5.74) is 0. The van der Waals surface area contributed by atoms with Gasteiger partial charge in [-0.15, -0.1) is 0 Å². The number of aliphatic carboxylic acids is 1. The Morgan fingerprint density at radius 2 is 2.21 bits per heavy atom. The Balaban J connectivity index is 3.56. The molecule has 0 saturated heterocycles. The van der Waals surface area contributed by atoms with Gasteiger partial charge in [-0.2, -0.15) is 5.26 Å². The molecule has 0 aliphatic rings. The summed E-state index contributed by atoms with van der Waals surface area (Å²) in [5.74, 6) is -1.54. The Kier molecular flexibility index (Phi) is 6.07. The lowest BCUT2D eigenvalue weighted by Gasteiger charge is -2.09. The van der Waals surface area contributed by atoms with Crippen LogP contribution in [0.2, 0.25) is 0 Å². The molecule has 0 spiro atoms. The largest absolute Gasteiger partial charge is 0.480 e. The number of hydrogen-bond acceptors (Lipinski definition) is 4. The van der Waals surface area contributed by atoms with Crippen LogP contribution < -0.4 is 5.32 Å². The molecule has 0 aromatic heterocycles. The van der Waals surface area contributed by atoms with Crippen LogP contribution in [0, 0.1) is 11.3 Å². The summed E-state index contributed by atoms with van der Waals surface area (Å²) in [7, 11) is 0. The molecule has 1 unspecified atom stereocenters. The highest BCUT2D eigenvalue weighted by molar-refractivity contribution is 5.78. The number of rotatable bonds is 6. The number of nitrogens with zero attached hydrogens (tertiary/aromatic N) is 1. The van der Waals surface area contributed by atoms with E-state index in [1.54, 1.807) is 6.92 Å². The van der Waals surface area contributed by atoms with Crippen molar-refractivity contribution in [1.82, 2.24) is 5.32 Å². The third-order valence-corrected chi connectivity index (χ3v) is 1.26. The number of carbonyl (C=O) groups excluding carboxylic acids is 1. The molecule has 0 aliphatic carbocycles. The van der Waals surface area contributed by atoms with Gasteiger partial charge in [0.15, 0.2) is 0 Å². The van der Waals surface area contributed by atoms with Gasteiger partial charge in [-0.25, -0.2) is 4.79 Å². The third-order valence-electron chi connectivity index (χ3n) is 1.26. The maximum Gasteiger partial charge on any atom is 0.329 e. The molecular formula is C8H12N2O4. The van der Waals surface area contributed by atoms with Crippen LogP contribution in [0.5, 0.6) is 0 Å². The second-order valence-corrected chi connectivity index (χ2v) is 2.72. The van der Waals surface area contributed by atoms with Crippen LogP contribution in [-0.2, 0) is 14.3 Å². The smallest absolute Gasteiger partial charge is 0.329 e. The highest BCUT2D eigenvalue weighted by atomic mass is 16.5. The molecule has 0 heterocycles. The Bertz CT molecular complexity index is 246. The van der Waals surface area contributed by atoms with E-state index in [9.17, 15) is 9.59 Å². The van der Waals surface area contributed by atoms with Crippen molar-refractivity contribution in [2.45, 2.75) is 19.4 Å². The van der Waals surface area contributed by atoms with E-state index in [4.69, 9.17) is 10.4 Å². The maximum absolute atomic E-state index is 11.0. The van der Waals surface area contributed by atoms with Crippen molar-refractivity contribution in [1.29, 1.82) is 5.26 Å². The van der Waals surface area contributed by atoms with Crippen LogP contribution >= 0.6 is 0 Å². The first kappa shape index (κ1) is 12.4. The van der Waals surface area contributed by atoms with Crippen molar-refractivity contribution >= 4 is 11.9 Å². The lowest BCUT2D eigenvalue weighted by Crippen LogP contribution is -2.35. The van der Waals surface area contributed by atoms with Gasteiger partial charge >= 0.3 is 5.97 Å². The minimum Gasteiger partial charge on any atom is -0.480 e. The first-order chi connectivity index (χ1) is 6.56. The highest BCUT2D eigenvalue weighted by Gasteiger charge is 2.07. The second kappa shape index (κ2) is 6.86. The minimum absolute atomic E-state index is 0.213. The summed E-state index contributed by atoms with van der Waals surface area (Å²) in [6.45, 7) is 0.875. The molecule has 78 valence electrons. The zero-order valence-electron chi connectivity index (χ0n) is 7.82. The lowest BCUT2D eigenvalue weighted by atomic mass is 10.2. The van der Waals surface area contributed by atoms with E-state index in [0.29, 0.717) is 0 Å². The molecule has 0 bridgehead atoms. The normalized spacial score (nSPS) is 11.4. The summed E-state index contributed by atoms with van der Waals surface area (Å²) in [5, 5.41) is 19.0. The van der Waals surface area contributed by atoms with Gasteiger partial charge in [0.25, 0.3) is 0 Å². The molecule has 0 fully saturated rings. The Hall–Kier alpha value is -1.61. The summed E-state index contributed by atoms with van der Waals surface area (Å²) < 4.78 is 4.54. The van der Waals surface area contributed by atoms with Gasteiger partial charge in [0.05, 0.1) is 12.5 Å². The highest BCUT2D eigenvalue weighted by Crippen LogP contribution is 1.87. The SMILES string of the molecule is CC(CC#N)NC(=O)COCC(=O)O. The average Bonchev–Trinajstić information content (AvgIpc) is 2.03. The third kappa shape index (κ3) is 7.06. The molecule has 1 atom stereocenters. The Morgan fingerprint density at radius 3 is 2.71 bits per heavy atom.